The Morgan fingerprint density at radius 3 is 2.54 bits per heavy atom. The fourth-order valence-electron chi connectivity index (χ4n) is 2.73. The second kappa shape index (κ2) is 7.32. The highest BCUT2D eigenvalue weighted by Gasteiger charge is 2.11. The highest BCUT2D eigenvalue weighted by molar-refractivity contribution is 6.02. The topological polar surface area (TPSA) is 80.0 Å². The summed E-state index contributed by atoms with van der Waals surface area (Å²) < 4.78 is 13.9. The van der Waals surface area contributed by atoms with Gasteiger partial charge in [0.1, 0.15) is 11.3 Å². The van der Waals surface area contributed by atoms with Gasteiger partial charge in [-0.15, -0.1) is 0 Å². The average molecular weight is 374 g/mol. The molecule has 0 unspecified atom stereocenters. The molecule has 0 saturated heterocycles. The van der Waals surface area contributed by atoms with Gasteiger partial charge in [0.05, 0.1) is 11.7 Å². The van der Waals surface area contributed by atoms with Crippen molar-refractivity contribution < 1.29 is 14.4 Å². The van der Waals surface area contributed by atoms with Gasteiger partial charge in [-0.3, -0.25) is 9.78 Å². The Bertz CT molecular complexity index is 1170. The highest BCUT2D eigenvalue weighted by atomic mass is 19.1. The summed E-state index contributed by atoms with van der Waals surface area (Å²) >= 11 is 0. The van der Waals surface area contributed by atoms with Crippen molar-refractivity contribution in [2.45, 2.75) is 0 Å². The van der Waals surface area contributed by atoms with E-state index in [4.69, 9.17) is 0 Å². The molecule has 2 N–H and O–H groups in total. The van der Waals surface area contributed by atoms with Crippen molar-refractivity contribution in [3.63, 3.8) is 0 Å². The summed E-state index contributed by atoms with van der Waals surface area (Å²) in [6.07, 6.45) is 6.12. The van der Waals surface area contributed by atoms with E-state index in [1.54, 1.807) is 54.7 Å². The largest absolute Gasteiger partial charge is 0.426 e. The van der Waals surface area contributed by atoms with Crippen LogP contribution in [0.3, 0.4) is 0 Å². The summed E-state index contributed by atoms with van der Waals surface area (Å²) in [6, 6.07) is 14.5. The van der Waals surface area contributed by atoms with Crippen LogP contribution >= 0.6 is 0 Å². The summed E-state index contributed by atoms with van der Waals surface area (Å²) in [7, 11) is 0. The molecule has 7 heteroatoms. The Balaban J connectivity index is 1.47. The molecule has 0 radical (unpaired) electrons. The lowest BCUT2D eigenvalue weighted by molar-refractivity contribution is -0.111. The molecule has 0 atom stereocenters. The minimum Gasteiger partial charge on any atom is -0.426 e. The fourth-order valence-corrected chi connectivity index (χ4v) is 2.73. The maximum absolute atomic E-state index is 12.9. The van der Waals surface area contributed by atoms with Gasteiger partial charge in [-0.2, -0.15) is 4.73 Å². The van der Waals surface area contributed by atoms with Crippen LogP contribution < -0.4 is 5.32 Å². The average Bonchev–Trinajstić information content (AvgIpc) is 3.05. The van der Waals surface area contributed by atoms with Crippen molar-refractivity contribution in [3.05, 3.63) is 84.4 Å². The molecule has 6 nitrogen and oxygen atoms in total. The second-order valence-corrected chi connectivity index (χ2v) is 6.06. The van der Waals surface area contributed by atoms with Gasteiger partial charge < -0.3 is 10.5 Å². The summed E-state index contributed by atoms with van der Waals surface area (Å²) in [5, 5.41) is 13.0. The molecule has 28 heavy (non-hydrogen) atoms. The molecule has 0 saturated carbocycles. The molecule has 0 spiro atoms. The van der Waals surface area contributed by atoms with E-state index >= 15 is 0 Å². The van der Waals surface area contributed by atoms with Crippen LogP contribution in [0.5, 0.6) is 0 Å². The number of carbonyl (C=O) groups excluding carboxylic acids is 1. The lowest BCUT2D eigenvalue weighted by Crippen LogP contribution is -2.07. The Hall–Kier alpha value is -4.00. The Kier molecular flexibility index (Phi) is 4.55. The molecule has 138 valence electrons. The number of amides is 1. The number of anilines is 1. The third-order valence-corrected chi connectivity index (χ3v) is 4.14. The van der Waals surface area contributed by atoms with E-state index in [1.807, 2.05) is 0 Å². The van der Waals surface area contributed by atoms with Gasteiger partial charge in [-0.05, 0) is 54.1 Å². The van der Waals surface area contributed by atoms with E-state index in [1.165, 1.54) is 24.4 Å². The van der Waals surface area contributed by atoms with E-state index in [0.29, 0.717) is 28.1 Å². The van der Waals surface area contributed by atoms with Crippen LogP contribution in [0.15, 0.2) is 73.1 Å². The number of fused-ring (bicyclic) bond motifs is 1. The van der Waals surface area contributed by atoms with Gasteiger partial charge in [0.2, 0.25) is 5.91 Å². The number of nitrogens with one attached hydrogen (secondary N) is 1. The minimum atomic E-state index is -0.325. The number of aromatic nitrogens is 3. The smallest absolute Gasteiger partial charge is 0.248 e. The van der Waals surface area contributed by atoms with Crippen LogP contribution in [0.4, 0.5) is 10.1 Å². The van der Waals surface area contributed by atoms with Crippen LogP contribution in [0.1, 0.15) is 5.56 Å². The molecule has 0 bridgehead atoms. The second-order valence-electron chi connectivity index (χ2n) is 6.06. The van der Waals surface area contributed by atoms with Crippen molar-refractivity contribution in [2.24, 2.45) is 0 Å². The number of imidazole rings is 1. The Morgan fingerprint density at radius 2 is 1.82 bits per heavy atom. The zero-order chi connectivity index (χ0) is 19.5. The number of nitrogens with zero attached hydrogens (tertiary/aromatic N) is 3. The van der Waals surface area contributed by atoms with Crippen molar-refractivity contribution in [3.8, 4) is 11.4 Å². The highest BCUT2D eigenvalue weighted by Crippen LogP contribution is 2.24. The molecular weight excluding hydrogens is 359 g/mol. The van der Waals surface area contributed by atoms with Crippen molar-refractivity contribution >= 4 is 28.7 Å². The van der Waals surface area contributed by atoms with E-state index in [9.17, 15) is 14.4 Å². The van der Waals surface area contributed by atoms with Crippen LogP contribution in [-0.4, -0.2) is 25.8 Å². The summed E-state index contributed by atoms with van der Waals surface area (Å²) in [4.78, 5) is 20.4. The molecule has 0 aliphatic heterocycles. The van der Waals surface area contributed by atoms with Crippen LogP contribution in [0.2, 0.25) is 0 Å². The maximum atomic E-state index is 12.9. The first kappa shape index (κ1) is 17.4. The normalized spacial score (nSPS) is 11.2. The predicted molar refractivity (Wildman–Crippen MR) is 104 cm³/mol. The molecule has 4 rings (SSSR count). The number of hydrogen-bond donors (Lipinski definition) is 2. The minimum absolute atomic E-state index is 0.308. The molecule has 4 aromatic rings. The molecule has 0 fully saturated rings. The van der Waals surface area contributed by atoms with Gasteiger partial charge in [0, 0.05) is 23.5 Å². The summed E-state index contributed by atoms with van der Waals surface area (Å²) in [5.74, 6) is -0.246. The summed E-state index contributed by atoms with van der Waals surface area (Å²) in [5.41, 5.74) is 3.16. The lowest BCUT2D eigenvalue weighted by atomic mass is 10.2. The zero-order valence-corrected chi connectivity index (χ0v) is 14.6. The van der Waals surface area contributed by atoms with Gasteiger partial charge >= 0.3 is 0 Å². The first-order chi connectivity index (χ1) is 13.6. The molecule has 0 aliphatic carbocycles. The van der Waals surface area contributed by atoms with Gasteiger partial charge in [-0.1, -0.05) is 12.1 Å². The molecule has 1 amide bonds. The number of hydrogen-bond acceptors (Lipinski definition) is 4. The molecule has 2 heterocycles. The molecule has 2 aromatic carbocycles. The van der Waals surface area contributed by atoms with Gasteiger partial charge in [-0.25, -0.2) is 9.37 Å². The van der Waals surface area contributed by atoms with Gasteiger partial charge in [0.25, 0.3) is 0 Å². The monoisotopic (exact) mass is 374 g/mol. The van der Waals surface area contributed by atoms with Crippen molar-refractivity contribution in [1.82, 2.24) is 14.7 Å². The van der Waals surface area contributed by atoms with Gasteiger partial charge in [0.15, 0.2) is 5.82 Å². The predicted octanol–water partition coefficient (Wildman–Crippen LogP) is 4.13. The molecule has 0 aliphatic rings. The van der Waals surface area contributed by atoms with Crippen LogP contribution in [0.25, 0.3) is 28.5 Å². The van der Waals surface area contributed by atoms with E-state index < -0.39 is 0 Å². The van der Waals surface area contributed by atoms with Crippen LogP contribution in [-0.2, 0) is 4.79 Å². The van der Waals surface area contributed by atoms with Crippen molar-refractivity contribution in [1.29, 1.82) is 0 Å². The molecular formula is C21H15FN4O2. The number of benzene rings is 2. The third kappa shape index (κ3) is 3.59. The third-order valence-electron chi connectivity index (χ3n) is 4.14. The SMILES string of the molecule is O=C(/C=C/c1ccc(F)cc1)Nc1ccc(-c2nc3ccncc3n2O)cc1. The number of rotatable bonds is 4. The lowest BCUT2D eigenvalue weighted by Gasteiger charge is -2.05. The molecule has 2 aromatic heterocycles. The number of pyridine rings is 1. The van der Waals surface area contributed by atoms with Crippen LogP contribution in [0, 0.1) is 5.82 Å². The fraction of sp³-hybridized carbons (Fsp3) is 0. The first-order valence-electron chi connectivity index (χ1n) is 8.47. The van der Waals surface area contributed by atoms with E-state index in [0.717, 1.165) is 10.3 Å². The van der Waals surface area contributed by atoms with E-state index in [2.05, 4.69) is 15.3 Å². The Labute approximate surface area is 159 Å². The van der Waals surface area contributed by atoms with Crippen molar-refractivity contribution in [2.75, 3.05) is 5.32 Å². The number of halogens is 1. The maximum Gasteiger partial charge on any atom is 0.248 e. The summed E-state index contributed by atoms with van der Waals surface area (Å²) in [6.45, 7) is 0. The first-order valence-corrected chi connectivity index (χ1v) is 8.47. The van der Waals surface area contributed by atoms with E-state index in [-0.39, 0.29) is 11.7 Å². The Morgan fingerprint density at radius 1 is 1.07 bits per heavy atom. The number of carbonyl (C=O) groups is 1. The zero-order valence-electron chi connectivity index (χ0n) is 14.6. The standard InChI is InChI=1S/C21H15FN4O2/c22-16-6-1-14(2-7-16)3-10-20(27)24-17-8-4-15(5-9-17)21-25-18-11-12-23-13-19(18)26(21)28/h1-13,28H,(H,24,27)/b10-3+. The quantitative estimate of drug-likeness (QED) is 0.416.